The van der Waals surface area contributed by atoms with E-state index in [0.29, 0.717) is 17.1 Å². The topological polar surface area (TPSA) is 96.7 Å². The lowest BCUT2D eigenvalue weighted by atomic mass is 10.2. The van der Waals surface area contributed by atoms with E-state index in [4.69, 9.17) is 5.73 Å². The van der Waals surface area contributed by atoms with Crippen LogP contribution < -0.4 is 11.1 Å². The summed E-state index contributed by atoms with van der Waals surface area (Å²) in [7, 11) is 0. The fourth-order valence-electron chi connectivity index (χ4n) is 1.63. The molecule has 0 aliphatic heterocycles. The fourth-order valence-corrected chi connectivity index (χ4v) is 1.63. The molecular weight excluding hydrogens is 230 g/mol. The van der Waals surface area contributed by atoms with E-state index in [-0.39, 0.29) is 11.9 Å². The van der Waals surface area contributed by atoms with Gasteiger partial charge in [0.05, 0.1) is 11.6 Å². The van der Waals surface area contributed by atoms with E-state index in [9.17, 15) is 4.79 Å². The van der Waals surface area contributed by atoms with Gasteiger partial charge in [-0.25, -0.2) is 4.98 Å². The van der Waals surface area contributed by atoms with Crippen LogP contribution in [0.15, 0.2) is 24.7 Å². The van der Waals surface area contributed by atoms with Crippen LogP contribution in [0.4, 0.5) is 5.69 Å². The molecular formula is C12H15N5O. The maximum absolute atomic E-state index is 12.0. The lowest BCUT2D eigenvalue weighted by molar-refractivity contribution is 0.0939. The molecule has 1 atom stereocenters. The third-order valence-corrected chi connectivity index (χ3v) is 2.59. The molecule has 94 valence electrons. The molecule has 0 saturated carbocycles. The minimum atomic E-state index is -0.260. The second-order valence-corrected chi connectivity index (χ2v) is 4.08. The molecule has 2 rings (SSSR count). The van der Waals surface area contributed by atoms with E-state index in [2.05, 4.69) is 20.3 Å². The Hall–Kier alpha value is -2.37. The molecule has 4 N–H and O–H groups in total. The molecule has 1 amide bonds. The molecule has 0 aliphatic rings. The number of H-pyrrole nitrogens is 1. The van der Waals surface area contributed by atoms with Gasteiger partial charge in [-0.15, -0.1) is 0 Å². The predicted molar refractivity (Wildman–Crippen MR) is 67.9 cm³/mol. The summed E-state index contributed by atoms with van der Waals surface area (Å²) in [5.41, 5.74) is 7.37. The number of nitrogen functional groups attached to an aromatic ring is 1. The van der Waals surface area contributed by atoms with Crippen molar-refractivity contribution < 1.29 is 4.79 Å². The normalized spacial score (nSPS) is 12.1. The third-order valence-electron chi connectivity index (χ3n) is 2.59. The van der Waals surface area contributed by atoms with Gasteiger partial charge in [0.1, 0.15) is 5.82 Å². The average molecular weight is 245 g/mol. The Morgan fingerprint density at radius 1 is 1.50 bits per heavy atom. The van der Waals surface area contributed by atoms with E-state index in [1.54, 1.807) is 18.5 Å². The van der Waals surface area contributed by atoms with Gasteiger partial charge in [0, 0.05) is 30.0 Å². The van der Waals surface area contributed by atoms with Crippen LogP contribution in [0.25, 0.3) is 0 Å². The van der Waals surface area contributed by atoms with Crippen molar-refractivity contribution >= 4 is 11.6 Å². The smallest absolute Gasteiger partial charge is 0.255 e. The van der Waals surface area contributed by atoms with Gasteiger partial charge >= 0.3 is 0 Å². The number of amides is 1. The Kier molecular flexibility index (Phi) is 3.27. The van der Waals surface area contributed by atoms with Crippen molar-refractivity contribution in [3.63, 3.8) is 0 Å². The molecule has 6 heteroatoms. The minimum Gasteiger partial charge on any atom is -0.398 e. The molecule has 0 bridgehead atoms. The minimum absolute atomic E-state index is 0.215. The molecule has 6 nitrogen and oxygen atoms in total. The molecule has 1 unspecified atom stereocenters. The van der Waals surface area contributed by atoms with Crippen molar-refractivity contribution in [1.82, 2.24) is 20.3 Å². The van der Waals surface area contributed by atoms with Crippen molar-refractivity contribution in [1.29, 1.82) is 0 Å². The van der Waals surface area contributed by atoms with Gasteiger partial charge in [0.15, 0.2) is 0 Å². The van der Waals surface area contributed by atoms with Crippen molar-refractivity contribution in [3.8, 4) is 0 Å². The number of carbonyl (C=O) groups excluding carboxylic acids is 1. The van der Waals surface area contributed by atoms with E-state index in [1.807, 2.05) is 13.8 Å². The summed E-state index contributed by atoms with van der Waals surface area (Å²) < 4.78 is 0. The summed E-state index contributed by atoms with van der Waals surface area (Å²) in [6, 6.07) is 1.46. The fraction of sp³-hybridized carbons (Fsp3) is 0.250. The Bertz CT molecular complexity index is 550. The zero-order chi connectivity index (χ0) is 13.1. The number of aryl methyl sites for hydroxylation is 1. The summed E-state index contributed by atoms with van der Waals surface area (Å²) in [4.78, 5) is 23.1. The van der Waals surface area contributed by atoms with Crippen LogP contribution in [0.2, 0.25) is 0 Å². The van der Waals surface area contributed by atoms with E-state index < -0.39 is 0 Å². The zero-order valence-electron chi connectivity index (χ0n) is 10.3. The lowest BCUT2D eigenvalue weighted by Gasteiger charge is -2.12. The molecule has 2 aromatic heterocycles. The van der Waals surface area contributed by atoms with Gasteiger partial charge < -0.3 is 16.0 Å². The number of nitrogens with two attached hydrogens (primary N) is 1. The second kappa shape index (κ2) is 4.87. The summed E-state index contributed by atoms with van der Waals surface area (Å²) in [5, 5.41) is 2.81. The number of aromatic nitrogens is 3. The van der Waals surface area contributed by atoms with Gasteiger partial charge in [-0.05, 0) is 19.9 Å². The number of imidazole rings is 1. The number of rotatable bonds is 3. The van der Waals surface area contributed by atoms with Gasteiger partial charge in [0.2, 0.25) is 0 Å². The van der Waals surface area contributed by atoms with E-state index in [1.165, 1.54) is 6.20 Å². The molecule has 0 radical (unpaired) electrons. The van der Waals surface area contributed by atoms with Crippen LogP contribution in [-0.4, -0.2) is 20.9 Å². The van der Waals surface area contributed by atoms with Crippen molar-refractivity contribution in [2.45, 2.75) is 19.9 Å². The van der Waals surface area contributed by atoms with Crippen molar-refractivity contribution in [3.05, 3.63) is 41.7 Å². The first kappa shape index (κ1) is 12.1. The van der Waals surface area contributed by atoms with Crippen LogP contribution in [-0.2, 0) is 0 Å². The van der Waals surface area contributed by atoms with E-state index >= 15 is 0 Å². The maximum Gasteiger partial charge on any atom is 0.255 e. The first-order chi connectivity index (χ1) is 8.58. The molecule has 0 saturated heterocycles. The molecule has 0 aromatic carbocycles. The number of nitrogens with one attached hydrogen (secondary N) is 2. The Morgan fingerprint density at radius 2 is 2.28 bits per heavy atom. The highest BCUT2D eigenvalue weighted by Crippen LogP contribution is 2.13. The molecule has 2 heterocycles. The molecule has 0 spiro atoms. The summed E-state index contributed by atoms with van der Waals surface area (Å²) in [5.74, 6) is 0.436. The number of aromatic amines is 1. The van der Waals surface area contributed by atoms with E-state index in [0.717, 1.165) is 5.69 Å². The average Bonchev–Trinajstić information content (AvgIpc) is 2.81. The van der Waals surface area contributed by atoms with Crippen LogP contribution >= 0.6 is 0 Å². The van der Waals surface area contributed by atoms with Crippen LogP contribution in [0.3, 0.4) is 0 Å². The number of hydrogen-bond acceptors (Lipinski definition) is 4. The number of nitrogens with zero attached hydrogens (tertiary/aromatic N) is 2. The SMILES string of the molecule is Cc1cc(N)c(C(=O)NC(C)c2ncc[nH]2)cn1. The predicted octanol–water partition coefficient (Wildman–Crippen LogP) is 1.19. The number of carbonyl (C=O) groups is 1. The first-order valence-corrected chi connectivity index (χ1v) is 5.60. The second-order valence-electron chi connectivity index (χ2n) is 4.08. The van der Waals surface area contributed by atoms with Gasteiger partial charge in [-0.2, -0.15) is 0 Å². The monoisotopic (exact) mass is 245 g/mol. The lowest BCUT2D eigenvalue weighted by Crippen LogP contribution is -2.28. The third kappa shape index (κ3) is 2.48. The summed E-state index contributed by atoms with van der Waals surface area (Å²) in [6.45, 7) is 3.66. The van der Waals surface area contributed by atoms with Crippen molar-refractivity contribution in [2.24, 2.45) is 0 Å². The summed E-state index contributed by atoms with van der Waals surface area (Å²) in [6.07, 6.45) is 4.83. The standard InChI is InChI=1S/C12H15N5O/c1-7-5-10(13)9(6-16-7)12(18)17-8(2)11-14-3-4-15-11/h3-6,8H,1-2H3,(H2,13,16)(H,14,15)(H,17,18). The Balaban J connectivity index is 2.12. The highest BCUT2D eigenvalue weighted by molar-refractivity contribution is 5.98. The molecule has 18 heavy (non-hydrogen) atoms. The zero-order valence-corrected chi connectivity index (χ0v) is 10.3. The highest BCUT2D eigenvalue weighted by atomic mass is 16.1. The quantitative estimate of drug-likeness (QED) is 0.756. The molecule has 0 aliphatic carbocycles. The molecule has 0 fully saturated rings. The number of anilines is 1. The van der Waals surface area contributed by atoms with Gasteiger partial charge in [-0.1, -0.05) is 0 Å². The first-order valence-electron chi connectivity index (χ1n) is 5.60. The number of pyridine rings is 1. The number of hydrogen-bond donors (Lipinski definition) is 3. The largest absolute Gasteiger partial charge is 0.398 e. The van der Waals surface area contributed by atoms with Crippen LogP contribution in [0, 0.1) is 6.92 Å². The Morgan fingerprint density at radius 3 is 2.89 bits per heavy atom. The van der Waals surface area contributed by atoms with Crippen LogP contribution in [0.5, 0.6) is 0 Å². The highest BCUT2D eigenvalue weighted by Gasteiger charge is 2.15. The van der Waals surface area contributed by atoms with Crippen LogP contribution in [0.1, 0.15) is 34.8 Å². The van der Waals surface area contributed by atoms with Gasteiger partial charge in [0.25, 0.3) is 5.91 Å². The van der Waals surface area contributed by atoms with Crippen molar-refractivity contribution in [2.75, 3.05) is 5.73 Å². The van der Waals surface area contributed by atoms with Gasteiger partial charge in [-0.3, -0.25) is 9.78 Å². The Labute approximate surface area is 105 Å². The summed E-state index contributed by atoms with van der Waals surface area (Å²) >= 11 is 0. The maximum atomic E-state index is 12.0. The molecule has 2 aromatic rings.